The standard InChI is InChI=1S/C14H19FN2O/c1-13(2)11(14(13,3)4)12(18)17-8-5-6-10(16)9(15)7-8/h5-7,11H,16H2,1-4H3,(H,17,18). The molecule has 0 radical (unpaired) electrons. The van der Waals surface area contributed by atoms with E-state index < -0.39 is 5.82 Å². The van der Waals surface area contributed by atoms with E-state index in [1.54, 1.807) is 6.07 Å². The molecule has 3 N–H and O–H groups in total. The van der Waals surface area contributed by atoms with Crippen molar-refractivity contribution in [1.29, 1.82) is 0 Å². The summed E-state index contributed by atoms with van der Waals surface area (Å²) in [4.78, 5) is 12.1. The van der Waals surface area contributed by atoms with Gasteiger partial charge >= 0.3 is 0 Å². The summed E-state index contributed by atoms with van der Waals surface area (Å²) in [5, 5.41) is 2.75. The number of benzene rings is 1. The van der Waals surface area contributed by atoms with Crippen molar-refractivity contribution in [2.45, 2.75) is 27.7 Å². The molecule has 0 heterocycles. The quantitative estimate of drug-likeness (QED) is 0.793. The van der Waals surface area contributed by atoms with Gasteiger partial charge in [0.2, 0.25) is 5.91 Å². The van der Waals surface area contributed by atoms with E-state index in [-0.39, 0.29) is 28.3 Å². The third-order valence-electron chi connectivity index (χ3n) is 4.55. The average molecular weight is 250 g/mol. The molecule has 3 nitrogen and oxygen atoms in total. The molecule has 0 spiro atoms. The Morgan fingerprint density at radius 2 is 1.83 bits per heavy atom. The number of hydrogen-bond donors (Lipinski definition) is 2. The van der Waals surface area contributed by atoms with E-state index >= 15 is 0 Å². The van der Waals surface area contributed by atoms with Gasteiger partial charge in [-0.25, -0.2) is 4.39 Å². The molecule has 0 saturated heterocycles. The Kier molecular flexibility index (Phi) is 2.65. The van der Waals surface area contributed by atoms with Crippen LogP contribution in [0.3, 0.4) is 0 Å². The minimum atomic E-state index is -0.512. The second-order valence-corrected chi connectivity index (χ2v) is 6.10. The van der Waals surface area contributed by atoms with Gasteiger partial charge < -0.3 is 11.1 Å². The predicted octanol–water partition coefficient (Wildman–Crippen LogP) is 3.03. The van der Waals surface area contributed by atoms with E-state index in [1.807, 2.05) is 0 Å². The lowest BCUT2D eigenvalue weighted by Crippen LogP contribution is -2.17. The summed E-state index contributed by atoms with van der Waals surface area (Å²) in [6.45, 7) is 8.28. The van der Waals surface area contributed by atoms with Crippen LogP contribution in [0.25, 0.3) is 0 Å². The lowest BCUT2D eigenvalue weighted by atomic mass is 10.0. The number of anilines is 2. The van der Waals surface area contributed by atoms with Gasteiger partial charge in [0.15, 0.2) is 0 Å². The summed E-state index contributed by atoms with van der Waals surface area (Å²) >= 11 is 0. The number of amides is 1. The van der Waals surface area contributed by atoms with Crippen molar-refractivity contribution >= 4 is 17.3 Å². The van der Waals surface area contributed by atoms with Crippen LogP contribution < -0.4 is 11.1 Å². The fourth-order valence-corrected chi connectivity index (χ4v) is 2.67. The zero-order chi connectivity index (χ0) is 13.7. The molecule has 1 amide bonds. The fraction of sp³-hybridized carbons (Fsp3) is 0.500. The van der Waals surface area contributed by atoms with E-state index in [4.69, 9.17) is 5.73 Å². The molecular weight excluding hydrogens is 231 g/mol. The molecule has 4 heteroatoms. The van der Waals surface area contributed by atoms with Crippen LogP contribution in [0.5, 0.6) is 0 Å². The molecule has 0 aromatic heterocycles. The topological polar surface area (TPSA) is 55.1 Å². The zero-order valence-electron chi connectivity index (χ0n) is 11.2. The first-order valence-electron chi connectivity index (χ1n) is 6.04. The van der Waals surface area contributed by atoms with Crippen LogP contribution in [-0.4, -0.2) is 5.91 Å². The number of carbonyl (C=O) groups excluding carboxylic acids is 1. The highest BCUT2D eigenvalue weighted by Gasteiger charge is 2.68. The van der Waals surface area contributed by atoms with Gasteiger partial charge in [-0.05, 0) is 29.0 Å². The van der Waals surface area contributed by atoms with Crippen molar-refractivity contribution in [3.05, 3.63) is 24.0 Å². The zero-order valence-corrected chi connectivity index (χ0v) is 11.2. The van der Waals surface area contributed by atoms with Gasteiger partial charge in [-0.15, -0.1) is 0 Å². The number of halogens is 1. The van der Waals surface area contributed by atoms with Gasteiger partial charge in [0.05, 0.1) is 5.69 Å². The maximum atomic E-state index is 13.3. The van der Waals surface area contributed by atoms with E-state index in [9.17, 15) is 9.18 Å². The molecule has 1 aliphatic carbocycles. The van der Waals surface area contributed by atoms with Gasteiger partial charge in [-0.2, -0.15) is 0 Å². The summed E-state index contributed by atoms with van der Waals surface area (Å²) < 4.78 is 13.3. The van der Waals surface area contributed by atoms with Crippen LogP contribution in [0.4, 0.5) is 15.8 Å². The summed E-state index contributed by atoms with van der Waals surface area (Å²) in [5.74, 6) is -0.623. The third-order valence-corrected chi connectivity index (χ3v) is 4.55. The lowest BCUT2D eigenvalue weighted by Gasteiger charge is -2.07. The highest BCUT2D eigenvalue weighted by molar-refractivity contribution is 5.96. The molecule has 1 aliphatic rings. The monoisotopic (exact) mass is 250 g/mol. The number of carbonyl (C=O) groups is 1. The molecule has 0 atom stereocenters. The van der Waals surface area contributed by atoms with Crippen molar-refractivity contribution in [2.24, 2.45) is 16.7 Å². The lowest BCUT2D eigenvalue weighted by molar-refractivity contribution is -0.118. The van der Waals surface area contributed by atoms with Crippen LogP contribution in [0, 0.1) is 22.6 Å². The molecule has 0 unspecified atom stereocenters. The van der Waals surface area contributed by atoms with Crippen LogP contribution in [-0.2, 0) is 4.79 Å². The average Bonchev–Trinajstić information content (AvgIpc) is 2.63. The SMILES string of the molecule is CC1(C)C(C(=O)Nc2ccc(N)c(F)c2)C1(C)C. The van der Waals surface area contributed by atoms with Crippen molar-refractivity contribution in [3.8, 4) is 0 Å². The second-order valence-electron chi connectivity index (χ2n) is 6.10. The van der Waals surface area contributed by atoms with E-state index in [2.05, 4.69) is 33.0 Å². The van der Waals surface area contributed by atoms with Crippen LogP contribution in [0.1, 0.15) is 27.7 Å². The Morgan fingerprint density at radius 3 is 2.28 bits per heavy atom. The Balaban J connectivity index is 2.12. The Morgan fingerprint density at radius 1 is 1.28 bits per heavy atom. The number of rotatable bonds is 2. The molecule has 1 fully saturated rings. The van der Waals surface area contributed by atoms with Gasteiger partial charge in [-0.3, -0.25) is 4.79 Å². The second kappa shape index (κ2) is 3.70. The van der Waals surface area contributed by atoms with Crippen molar-refractivity contribution in [2.75, 3.05) is 11.1 Å². The summed E-state index contributed by atoms with van der Waals surface area (Å²) in [6.07, 6.45) is 0. The number of nitrogen functional groups attached to an aromatic ring is 1. The summed E-state index contributed by atoms with van der Waals surface area (Å²) in [5.41, 5.74) is 5.87. The third kappa shape index (κ3) is 1.76. The van der Waals surface area contributed by atoms with Gasteiger partial charge in [0, 0.05) is 11.6 Å². The number of nitrogens with one attached hydrogen (secondary N) is 1. The molecule has 0 aliphatic heterocycles. The highest BCUT2D eigenvalue weighted by Crippen LogP contribution is 2.68. The van der Waals surface area contributed by atoms with Gasteiger partial charge in [0.25, 0.3) is 0 Å². The van der Waals surface area contributed by atoms with Crippen molar-refractivity contribution < 1.29 is 9.18 Å². The van der Waals surface area contributed by atoms with E-state index in [1.165, 1.54) is 12.1 Å². The van der Waals surface area contributed by atoms with Crippen LogP contribution in [0.2, 0.25) is 0 Å². The maximum Gasteiger partial charge on any atom is 0.228 e. The Hall–Kier alpha value is -1.58. The van der Waals surface area contributed by atoms with Crippen LogP contribution >= 0.6 is 0 Å². The molecule has 1 aromatic carbocycles. The first kappa shape index (κ1) is 12.9. The number of nitrogens with two attached hydrogens (primary N) is 1. The maximum absolute atomic E-state index is 13.3. The Bertz CT molecular complexity index is 495. The minimum absolute atomic E-state index is 0.0244. The summed E-state index contributed by atoms with van der Waals surface area (Å²) in [6, 6.07) is 4.31. The van der Waals surface area contributed by atoms with E-state index in [0.717, 1.165) is 0 Å². The Labute approximate surface area is 107 Å². The fourth-order valence-electron chi connectivity index (χ4n) is 2.67. The number of hydrogen-bond acceptors (Lipinski definition) is 2. The molecule has 18 heavy (non-hydrogen) atoms. The smallest absolute Gasteiger partial charge is 0.228 e. The first-order valence-corrected chi connectivity index (χ1v) is 6.04. The minimum Gasteiger partial charge on any atom is -0.396 e. The van der Waals surface area contributed by atoms with E-state index in [0.29, 0.717) is 5.69 Å². The normalized spacial score (nSPS) is 20.5. The van der Waals surface area contributed by atoms with Crippen molar-refractivity contribution in [1.82, 2.24) is 0 Å². The summed E-state index contributed by atoms with van der Waals surface area (Å²) in [7, 11) is 0. The van der Waals surface area contributed by atoms with Gasteiger partial charge in [0.1, 0.15) is 5.82 Å². The molecule has 98 valence electrons. The molecule has 1 saturated carbocycles. The highest BCUT2D eigenvalue weighted by atomic mass is 19.1. The van der Waals surface area contributed by atoms with Crippen LogP contribution in [0.15, 0.2) is 18.2 Å². The molecule has 0 bridgehead atoms. The molecular formula is C14H19FN2O. The molecule has 1 aromatic rings. The first-order chi connectivity index (χ1) is 8.18. The van der Waals surface area contributed by atoms with Gasteiger partial charge in [-0.1, -0.05) is 27.7 Å². The molecule has 2 rings (SSSR count). The largest absolute Gasteiger partial charge is 0.396 e. The predicted molar refractivity (Wildman–Crippen MR) is 70.5 cm³/mol. The van der Waals surface area contributed by atoms with Crippen molar-refractivity contribution in [3.63, 3.8) is 0 Å².